The molecule has 62 valence electrons. The fourth-order valence-corrected chi connectivity index (χ4v) is 2.70. The van der Waals surface area contributed by atoms with Crippen molar-refractivity contribution in [3.8, 4) is 0 Å². The Morgan fingerprint density at radius 3 is 2.45 bits per heavy atom. The van der Waals surface area contributed by atoms with E-state index in [0.29, 0.717) is 6.04 Å². The highest BCUT2D eigenvalue weighted by Crippen LogP contribution is 2.45. The van der Waals surface area contributed by atoms with Crippen molar-refractivity contribution in [2.75, 3.05) is 0 Å². The van der Waals surface area contributed by atoms with Gasteiger partial charge in [-0.15, -0.1) is 0 Å². The van der Waals surface area contributed by atoms with Crippen LogP contribution < -0.4 is 0 Å². The molecule has 0 N–H and O–H groups in total. The third-order valence-corrected chi connectivity index (χ3v) is 3.12. The minimum absolute atomic E-state index is 0.707. The lowest BCUT2D eigenvalue weighted by Gasteiger charge is -2.17. The van der Waals surface area contributed by atoms with Crippen LogP contribution >= 0.6 is 0 Å². The number of nitrogens with zero attached hydrogens (tertiary/aromatic N) is 1. The molecule has 2 bridgehead atoms. The Bertz CT molecular complexity index is 179. The van der Waals surface area contributed by atoms with Crippen LogP contribution in [-0.2, 0) is 0 Å². The third-order valence-electron chi connectivity index (χ3n) is 3.12. The van der Waals surface area contributed by atoms with E-state index in [2.05, 4.69) is 18.8 Å². The Kier molecular flexibility index (Phi) is 1.74. The maximum Gasteiger partial charge on any atom is 0.0529 e. The van der Waals surface area contributed by atoms with Crippen molar-refractivity contribution >= 4 is 5.71 Å². The van der Waals surface area contributed by atoms with Gasteiger partial charge in [0.25, 0.3) is 0 Å². The first-order valence-corrected chi connectivity index (χ1v) is 4.76. The smallest absolute Gasteiger partial charge is 0.0529 e. The van der Waals surface area contributed by atoms with E-state index in [1.54, 1.807) is 0 Å². The third kappa shape index (κ3) is 1.33. The van der Waals surface area contributed by atoms with Crippen LogP contribution in [0, 0.1) is 11.8 Å². The van der Waals surface area contributed by atoms with Gasteiger partial charge in [0.1, 0.15) is 0 Å². The molecule has 2 fully saturated rings. The molecule has 0 spiro atoms. The number of hydrogen-bond acceptors (Lipinski definition) is 1. The van der Waals surface area contributed by atoms with Crippen molar-refractivity contribution in [1.82, 2.24) is 0 Å². The standard InChI is InChI=1S/C10H17N/c1-7(2)11-10-6-8-3-4-9(10)5-8/h8-10H,3-6H2,1-2H3. The van der Waals surface area contributed by atoms with Gasteiger partial charge in [0.05, 0.1) is 6.04 Å². The summed E-state index contributed by atoms with van der Waals surface area (Å²) in [7, 11) is 0. The summed E-state index contributed by atoms with van der Waals surface area (Å²) in [6, 6.07) is 0.707. The predicted molar refractivity (Wildman–Crippen MR) is 48.0 cm³/mol. The highest BCUT2D eigenvalue weighted by atomic mass is 14.8. The van der Waals surface area contributed by atoms with Crippen molar-refractivity contribution in [2.24, 2.45) is 16.8 Å². The summed E-state index contributed by atoms with van der Waals surface area (Å²) in [4.78, 5) is 4.68. The molecule has 1 nitrogen and oxygen atoms in total. The van der Waals surface area contributed by atoms with Gasteiger partial charge in [-0.3, -0.25) is 4.99 Å². The molecule has 0 saturated heterocycles. The first-order valence-electron chi connectivity index (χ1n) is 4.76. The van der Waals surface area contributed by atoms with Crippen molar-refractivity contribution in [3.05, 3.63) is 0 Å². The van der Waals surface area contributed by atoms with Crippen LogP contribution in [0.4, 0.5) is 0 Å². The SMILES string of the molecule is CC(C)=NC1CC2CCC1C2. The minimum atomic E-state index is 0.707. The van der Waals surface area contributed by atoms with Crippen LogP contribution in [0.15, 0.2) is 4.99 Å². The van der Waals surface area contributed by atoms with Crippen molar-refractivity contribution in [1.29, 1.82) is 0 Å². The molecule has 2 rings (SSSR count). The van der Waals surface area contributed by atoms with Gasteiger partial charge in [-0.25, -0.2) is 0 Å². The molecule has 0 heterocycles. The zero-order chi connectivity index (χ0) is 7.84. The predicted octanol–water partition coefficient (Wildman–Crippen LogP) is 2.66. The van der Waals surface area contributed by atoms with Crippen LogP contribution in [0.25, 0.3) is 0 Å². The molecule has 11 heavy (non-hydrogen) atoms. The summed E-state index contributed by atoms with van der Waals surface area (Å²) < 4.78 is 0. The second-order valence-corrected chi connectivity index (χ2v) is 4.32. The van der Waals surface area contributed by atoms with E-state index in [9.17, 15) is 0 Å². The topological polar surface area (TPSA) is 12.4 Å². The zero-order valence-corrected chi connectivity index (χ0v) is 7.51. The van der Waals surface area contributed by atoms with Gasteiger partial charge >= 0.3 is 0 Å². The van der Waals surface area contributed by atoms with Gasteiger partial charge in [-0.1, -0.05) is 6.42 Å². The lowest BCUT2D eigenvalue weighted by molar-refractivity contribution is 0.420. The minimum Gasteiger partial charge on any atom is -0.291 e. The molecule has 3 atom stereocenters. The zero-order valence-electron chi connectivity index (χ0n) is 7.51. The molecule has 0 radical (unpaired) electrons. The molecule has 2 aliphatic carbocycles. The van der Waals surface area contributed by atoms with E-state index in [1.165, 1.54) is 31.4 Å². The van der Waals surface area contributed by atoms with Crippen molar-refractivity contribution in [3.63, 3.8) is 0 Å². The van der Waals surface area contributed by atoms with Crippen LogP contribution in [-0.4, -0.2) is 11.8 Å². The molecule has 0 amide bonds. The van der Waals surface area contributed by atoms with Gasteiger partial charge in [-0.05, 0) is 44.9 Å². The van der Waals surface area contributed by atoms with E-state index in [1.807, 2.05) is 0 Å². The normalized spacial score (nSPS) is 41.1. The molecule has 1 heteroatoms. The Morgan fingerprint density at radius 2 is 2.00 bits per heavy atom. The van der Waals surface area contributed by atoms with E-state index in [4.69, 9.17) is 0 Å². The van der Waals surface area contributed by atoms with E-state index < -0.39 is 0 Å². The Morgan fingerprint density at radius 1 is 1.18 bits per heavy atom. The first kappa shape index (κ1) is 7.33. The monoisotopic (exact) mass is 151 g/mol. The molecular formula is C10H17N. The van der Waals surface area contributed by atoms with Gasteiger partial charge in [0.2, 0.25) is 0 Å². The van der Waals surface area contributed by atoms with Crippen LogP contribution in [0.5, 0.6) is 0 Å². The fraction of sp³-hybridized carbons (Fsp3) is 0.900. The summed E-state index contributed by atoms with van der Waals surface area (Å²) in [6.07, 6.45) is 5.79. The lowest BCUT2D eigenvalue weighted by Crippen LogP contribution is -2.14. The van der Waals surface area contributed by atoms with Crippen LogP contribution in [0.1, 0.15) is 39.5 Å². The molecular weight excluding hydrogens is 134 g/mol. The Hall–Kier alpha value is -0.330. The average molecular weight is 151 g/mol. The van der Waals surface area contributed by atoms with Crippen LogP contribution in [0.3, 0.4) is 0 Å². The summed E-state index contributed by atoms with van der Waals surface area (Å²) in [5, 5.41) is 0. The maximum atomic E-state index is 4.68. The highest BCUT2D eigenvalue weighted by molar-refractivity contribution is 5.79. The van der Waals surface area contributed by atoms with Crippen molar-refractivity contribution in [2.45, 2.75) is 45.6 Å². The van der Waals surface area contributed by atoms with Gasteiger partial charge in [-0.2, -0.15) is 0 Å². The number of aliphatic imine (C=N–C) groups is 1. The molecule has 3 unspecified atom stereocenters. The summed E-state index contributed by atoms with van der Waals surface area (Å²) in [6.45, 7) is 4.23. The van der Waals surface area contributed by atoms with Gasteiger partial charge < -0.3 is 0 Å². The summed E-state index contributed by atoms with van der Waals surface area (Å²) >= 11 is 0. The molecule has 2 aliphatic rings. The molecule has 0 aromatic heterocycles. The number of rotatable bonds is 1. The molecule has 0 aromatic carbocycles. The fourth-order valence-electron chi connectivity index (χ4n) is 2.70. The first-order chi connectivity index (χ1) is 5.25. The molecule has 0 aromatic rings. The second-order valence-electron chi connectivity index (χ2n) is 4.32. The van der Waals surface area contributed by atoms with E-state index in [-0.39, 0.29) is 0 Å². The van der Waals surface area contributed by atoms with E-state index >= 15 is 0 Å². The Labute approximate surface area is 68.9 Å². The van der Waals surface area contributed by atoms with Gasteiger partial charge in [0.15, 0.2) is 0 Å². The van der Waals surface area contributed by atoms with Crippen LogP contribution in [0.2, 0.25) is 0 Å². The lowest BCUT2D eigenvalue weighted by atomic mass is 9.96. The summed E-state index contributed by atoms with van der Waals surface area (Å²) in [5.41, 5.74) is 1.27. The highest BCUT2D eigenvalue weighted by Gasteiger charge is 2.39. The maximum absolute atomic E-state index is 4.68. The quantitative estimate of drug-likeness (QED) is 0.511. The average Bonchev–Trinajstić information content (AvgIpc) is 2.45. The van der Waals surface area contributed by atoms with Gasteiger partial charge in [0, 0.05) is 5.71 Å². The van der Waals surface area contributed by atoms with E-state index in [0.717, 1.165) is 11.8 Å². The second kappa shape index (κ2) is 2.62. The largest absolute Gasteiger partial charge is 0.291 e. The van der Waals surface area contributed by atoms with Crippen molar-refractivity contribution < 1.29 is 0 Å². The summed E-state index contributed by atoms with van der Waals surface area (Å²) in [5.74, 6) is 1.99. The molecule has 0 aliphatic heterocycles. The molecule has 2 saturated carbocycles. The number of fused-ring (bicyclic) bond motifs is 2. The number of hydrogen-bond donors (Lipinski definition) is 0. The Balaban J connectivity index is 2.03.